The van der Waals surface area contributed by atoms with E-state index in [4.69, 9.17) is 5.73 Å². The summed E-state index contributed by atoms with van der Waals surface area (Å²) >= 11 is 0.664. The first-order valence-electron chi connectivity index (χ1n) is 45.9. The lowest BCUT2D eigenvalue weighted by Crippen LogP contribution is -2.62. The number of rotatable bonds is 24. The first kappa shape index (κ1) is 106. The highest BCUT2D eigenvalue weighted by molar-refractivity contribution is 8.00. The average Bonchev–Trinajstić information content (AvgIpc) is 1.46. The first-order chi connectivity index (χ1) is 65.7. The van der Waals surface area contributed by atoms with Crippen LogP contribution in [0.1, 0.15) is 126 Å². The van der Waals surface area contributed by atoms with Gasteiger partial charge in [-0.2, -0.15) is 0 Å². The summed E-state index contributed by atoms with van der Waals surface area (Å²) in [5.41, 5.74) is 7.88. The van der Waals surface area contributed by atoms with Gasteiger partial charge in [0, 0.05) is 102 Å². The number of amides is 15. The lowest BCUT2D eigenvalue weighted by atomic mass is 9.98. The van der Waals surface area contributed by atoms with Crippen molar-refractivity contribution in [3.63, 3.8) is 0 Å². The van der Waals surface area contributed by atoms with Crippen molar-refractivity contribution in [1.82, 2.24) is 77.3 Å². The van der Waals surface area contributed by atoms with E-state index in [1.54, 1.807) is 105 Å². The number of benzene rings is 6. The van der Waals surface area contributed by atoms with Crippen LogP contribution in [0.5, 0.6) is 11.5 Å². The Morgan fingerprint density at radius 1 is 0.514 bits per heavy atom. The molecule has 0 radical (unpaired) electrons. The van der Waals surface area contributed by atoms with Gasteiger partial charge in [-0.05, 0) is 113 Å². The van der Waals surface area contributed by atoms with Gasteiger partial charge in [0.25, 0.3) is 0 Å². The van der Waals surface area contributed by atoms with Gasteiger partial charge < -0.3 is 103 Å². The molecule has 138 heavy (non-hydrogen) atoms. The predicted molar refractivity (Wildman–Crippen MR) is 502 cm³/mol. The van der Waals surface area contributed by atoms with Gasteiger partial charge in [0.1, 0.15) is 90.0 Å². The van der Waals surface area contributed by atoms with Gasteiger partial charge in [-0.25, -0.2) is 13.2 Å². The van der Waals surface area contributed by atoms with Gasteiger partial charge >= 0.3 is 5.97 Å². The van der Waals surface area contributed by atoms with Crippen LogP contribution in [-0.4, -0.2) is 281 Å². The van der Waals surface area contributed by atoms with Crippen molar-refractivity contribution in [2.75, 3.05) is 52.3 Å². The molecular weight excluding hydrogens is 1810 g/mol. The van der Waals surface area contributed by atoms with Gasteiger partial charge in [-0.15, -0.1) is 11.8 Å². The predicted octanol–water partition coefficient (Wildman–Crippen LogP) is 3.17. The summed E-state index contributed by atoms with van der Waals surface area (Å²) in [5, 5.41) is 67.1. The number of carbonyl (C=O) groups is 16. The molecule has 36 nitrogen and oxygen atoms in total. The molecular formula is C98H121F3N16O20S. The third-order valence-corrected chi connectivity index (χ3v) is 25.7. The Bertz CT molecular complexity index is 5510. The molecule has 0 aliphatic carbocycles. The maximum Gasteiger partial charge on any atom is 0.305 e. The second-order valence-corrected chi connectivity index (χ2v) is 36.9. The number of nitrogens with zero attached hydrogens (tertiary/aromatic N) is 5. The Balaban J connectivity index is 1.07. The number of H-pyrrole nitrogens is 1. The van der Waals surface area contributed by atoms with E-state index in [1.807, 2.05) is 6.92 Å². The molecule has 3 aliphatic rings. The highest BCUT2D eigenvalue weighted by Gasteiger charge is 2.48. The van der Waals surface area contributed by atoms with E-state index in [1.165, 1.54) is 88.4 Å². The number of aromatic hydroxyl groups is 2. The van der Waals surface area contributed by atoms with Gasteiger partial charge in [-0.3, -0.25) is 76.7 Å². The van der Waals surface area contributed by atoms with Gasteiger partial charge in [0.2, 0.25) is 88.6 Å². The van der Waals surface area contributed by atoms with Crippen molar-refractivity contribution in [2.24, 2.45) is 17.6 Å². The number of aromatic nitrogens is 1. The smallest absolute Gasteiger partial charge is 0.305 e. The van der Waals surface area contributed by atoms with Gasteiger partial charge in [-0.1, -0.05) is 157 Å². The number of unbranched alkanes of at least 4 members (excludes halogenated alkanes) is 2. The molecule has 3 fully saturated rings. The summed E-state index contributed by atoms with van der Waals surface area (Å²) in [6.07, 6.45) is -2.56. The van der Waals surface area contributed by atoms with Crippen LogP contribution in [0.4, 0.5) is 13.2 Å². The van der Waals surface area contributed by atoms with Crippen LogP contribution in [0, 0.1) is 29.3 Å². The minimum Gasteiger partial charge on any atom is -0.508 e. The Kier molecular flexibility index (Phi) is 38.2. The molecule has 40 heteroatoms. The van der Waals surface area contributed by atoms with Gasteiger partial charge in [0.15, 0.2) is 17.5 Å². The maximum absolute atomic E-state index is 15.8. The van der Waals surface area contributed by atoms with E-state index in [-0.39, 0.29) is 87.8 Å². The second kappa shape index (κ2) is 49.7. The number of nitrogens with one attached hydrogen (secondary N) is 10. The van der Waals surface area contributed by atoms with Crippen molar-refractivity contribution in [3.05, 3.63) is 203 Å². The van der Waals surface area contributed by atoms with Crippen LogP contribution in [-0.2, 0) is 115 Å². The van der Waals surface area contributed by atoms with Crippen molar-refractivity contribution < 1.29 is 110 Å². The molecule has 15 amide bonds. The number of hydrogen-bond donors (Lipinski definition) is 15. The molecule has 14 atom stereocenters. The largest absolute Gasteiger partial charge is 0.508 e. The summed E-state index contributed by atoms with van der Waals surface area (Å²) in [6, 6.07) is 14.4. The van der Waals surface area contributed by atoms with Crippen LogP contribution < -0.4 is 53.6 Å². The molecule has 7 aromatic rings. The number of primary amides is 1. The number of carboxylic acid groups (broad SMARTS) is 1. The number of aliphatic hydroxyl groups is 1. The number of likely N-dealkylation sites (N-methyl/N-ethyl adjacent to an activating group) is 3. The number of carboxylic acids is 1. The molecule has 0 bridgehead atoms. The zero-order valence-electron chi connectivity index (χ0n) is 78.0. The third kappa shape index (κ3) is 29.1. The number of aromatic amines is 1. The lowest BCUT2D eigenvalue weighted by molar-refractivity contribution is -0.152. The fourth-order valence-corrected chi connectivity index (χ4v) is 18.1. The molecule has 740 valence electrons. The zero-order chi connectivity index (χ0) is 100. The quantitative estimate of drug-likeness (QED) is 0.0305. The molecule has 0 spiro atoms. The number of aliphatic carboxylic acids is 1. The summed E-state index contributed by atoms with van der Waals surface area (Å²) in [6.45, 7) is 6.90. The molecule has 0 unspecified atom stereocenters. The second-order valence-electron chi connectivity index (χ2n) is 35.9. The summed E-state index contributed by atoms with van der Waals surface area (Å²) in [7, 11) is 3.68. The fraction of sp³-hybridized carbons (Fsp3) is 0.449. The molecule has 4 heterocycles. The molecule has 16 N–H and O–H groups in total. The fourth-order valence-electron chi connectivity index (χ4n) is 17.2. The first-order valence-corrected chi connectivity index (χ1v) is 47.0. The number of carbonyl (C=O) groups excluding carboxylic acids is 15. The number of aliphatic hydroxyl groups excluding tert-OH is 1. The number of thioether (sulfide) groups is 1. The Labute approximate surface area is 800 Å². The zero-order valence-corrected chi connectivity index (χ0v) is 78.8. The summed E-state index contributed by atoms with van der Waals surface area (Å²) in [4.78, 5) is 248. The number of fused-ring (bicyclic) bond motifs is 3. The Hall–Kier alpha value is -13.9. The van der Waals surface area contributed by atoms with Crippen molar-refractivity contribution in [2.45, 2.75) is 216 Å². The normalized spacial score (nSPS) is 23.7. The molecule has 6 aromatic carbocycles. The molecule has 3 aliphatic heterocycles. The molecule has 1 aromatic heterocycles. The van der Waals surface area contributed by atoms with Crippen LogP contribution in [0.2, 0.25) is 0 Å². The van der Waals surface area contributed by atoms with Crippen LogP contribution in [0.3, 0.4) is 0 Å². The van der Waals surface area contributed by atoms with Crippen LogP contribution in [0.25, 0.3) is 10.9 Å². The van der Waals surface area contributed by atoms with E-state index in [9.17, 15) is 48.8 Å². The number of phenols is 2. The average molecular weight is 1930 g/mol. The lowest BCUT2D eigenvalue weighted by Gasteiger charge is -2.38. The number of hydrogen-bond acceptors (Lipinski definition) is 20. The molecule has 3 saturated heterocycles. The van der Waals surface area contributed by atoms with Crippen LogP contribution in [0.15, 0.2) is 152 Å². The summed E-state index contributed by atoms with van der Waals surface area (Å²) < 4.78 is 45.2. The minimum atomic E-state index is -2.04. The SMILES string of the molecule is CCCCC[C@H]1C(=O)N2C[C@H](O)C[C@@H]2C(=O)N[C@@H](CC(=O)O)C(=O)N[C@@H](C(C)C)C(=O)N(C)[C@@H](Cc2ccccc2)C(=O)N[C@@H](Cc2ccc(O)cc2)C(=O)N2CCC[C@@H]2C(=O)N[C@@H](Cc2c[nH]c3ccccc23)C(=O)N[C@@H](Cc2ccc(O)cc2)C(=O)N[C@@H](CC(C)C)C(=O)N[C@H](C(=O)NCC(N)=O)CSCC(=O)N[C@@H](Cc2cc(F)c(F)c(F)c2)C(=O)N(C)[C@@H](Cc2ccccc2)C(=O)N1C. The van der Waals surface area contributed by atoms with E-state index in [2.05, 4.69) is 52.8 Å². The standard InChI is InChI=1S/C98H121F3N16O20S/c1-9-10-13-27-77-97(136)117-51-64(120)47-79(117)93(132)109-72(48-83(123)124)90(129)112-85(55(4)5)98(137)114(7)78(44-56-21-14-11-15-22-56)92(131)110-74(42-59-31-35-63(119)36-32-59)95(134)116-37-20-28-76(116)91(130)108-71(46-61-49-103-68-26-19-18-25-65(61)68)89(128)107-70(41-58-29-33-62(118)34-30-58)88(127)106-69(38-54(2)3)87(126)111-75(86(125)104-50-81(102)121)52-138-53-82(122)105-73(43-60-39-66(99)84(101)67(100)40-60)94(133)115(8)80(96(135)113(77)6)45-57-23-16-12-17-24-57/h11-12,14-19,21-26,29-36,39-40,49,54-55,64,69-80,85,103,118-120H,9-10,13,20,27-28,37-38,41-48,50-53H2,1-8H3,(H2,102,121)(H,104,125)(H,105,122)(H,106,127)(H,107,128)(H,108,130)(H,109,132)(H,110,131)(H,111,126)(H,112,129)(H,123,124)/t64-,69+,70+,71+,72+,73+,74+,75+,76-,77+,78+,79-,80+,85+/m1/s1. The molecule has 10 rings (SSSR count). The monoisotopic (exact) mass is 1930 g/mol. The van der Waals surface area contributed by atoms with Gasteiger partial charge in [0.05, 0.1) is 24.8 Å². The highest BCUT2D eigenvalue weighted by atomic mass is 32.2. The van der Waals surface area contributed by atoms with Crippen molar-refractivity contribution in [3.8, 4) is 11.5 Å². The van der Waals surface area contributed by atoms with Crippen LogP contribution >= 0.6 is 11.8 Å². The minimum absolute atomic E-state index is 0.00723. The van der Waals surface area contributed by atoms with E-state index < -0.39 is 252 Å². The van der Waals surface area contributed by atoms with Crippen molar-refractivity contribution >= 4 is 117 Å². The number of nitrogens with two attached hydrogens (primary N) is 1. The molecule has 0 saturated carbocycles. The van der Waals surface area contributed by atoms with E-state index in [0.717, 1.165) is 19.6 Å². The maximum atomic E-state index is 15.8. The Morgan fingerprint density at radius 2 is 1.02 bits per heavy atom. The highest BCUT2D eigenvalue weighted by Crippen LogP contribution is 2.30. The third-order valence-electron chi connectivity index (χ3n) is 24.7. The topological polar surface area (TPSA) is 520 Å². The van der Waals surface area contributed by atoms with E-state index >= 15 is 61.5 Å². The number of para-hydroxylation sites is 1. The number of halogens is 3. The van der Waals surface area contributed by atoms with E-state index in [0.29, 0.717) is 75.5 Å². The summed E-state index contributed by atoms with van der Waals surface area (Å²) in [5.74, 6) is -24.8. The van der Waals surface area contributed by atoms with Crippen molar-refractivity contribution in [1.29, 1.82) is 0 Å². The Morgan fingerprint density at radius 3 is 1.62 bits per heavy atom. The number of phenolic OH excluding ortho intramolecular Hbond substituents is 2.